The number of aromatic nitrogens is 1. The first-order valence-electron chi connectivity index (χ1n) is 12.8. The second-order valence-corrected chi connectivity index (χ2v) is 11.2. The summed E-state index contributed by atoms with van der Waals surface area (Å²) >= 11 is 0. The Morgan fingerprint density at radius 1 is 0.889 bits per heavy atom. The van der Waals surface area contributed by atoms with Crippen LogP contribution < -0.4 is 4.90 Å². The fourth-order valence-electron chi connectivity index (χ4n) is 3.21. The monoisotopic (exact) mass is 505 g/mol. The molecule has 0 radical (unpaired) electrons. The number of ether oxygens (including phenoxy) is 2. The number of anilines is 1. The molecule has 9 nitrogen and oxygen atoms in total. The summed E-state index contributed by atoms with van der Waals surface area (Å²) in [6, 6.07) is 3.60. The van der Waals surface area contributed by atoms with Crippen LogP contribution in [0.1, 0.15) is 73.6 Å². The normalized spacial score (nSPS) is 12.2. The second-order valence-electron chi connectivity index (χ2n) is 11.2. The molecule has 9 heteroatoms. The average Bonchev–Trinajstić information content (AvgIpc) is 2.73. The van der Waals surface area contributed by atoms with Crippen molar-refractivity contribution in [3.63, 3.8) is 0 Å². The third kappa shape index (κ3) is 13.4. The average molecular weight is 506 g/mol. The molecule has 0 atom stereocenters. The first kappa shape index (κ1) is 31.4. The predicted molar refractivity (Wildman–Crippen MR) is 146 cm³/mol. The maximum absolute atomic E-state index is 13.1. The SMILES string of the molecule is CN(C)CCCCCC=Nc1ncccc1N(CCCN(C)C(=O)OC(C)(C)C)C(=O)OC(C)(C)C. The largest absolute Gasteiger partial charge is 0.444 e. The number of carbonyl (C=O) groups excluding carboxylic acids is 2. The highest BCUT2D eigenvalue weighted by Crippen LogP contribution is 2.28. The van der Waals surface area contributed by atoms with E-state index < -0.39 is 23.4 Å². The van der Waals surface area contributed by atoms with E-state index in [2.05, 4.69) is 29.0 Å². The van der Waals surface area contributed by atoms with Crippen LogP contribution in [0, 0.1) is 0 Å². The summed E-state index contributed by atoms with van der Waals surface area (Å²) in [4.78, 5) is 39.6. The molecule has 0 spiro atoms. The third-order valence-electron chi connectivity index (χ3n) is 4.90. The summed E-state index contributed by atoms with van der Waals surface area (Å²) < 4.78 is 11.1. The standard InChI is InChI=1S/C27H47N5O4/c1-26(2,3)35-24(33)31(9)20-15-21-32(25(34)36-27(4,5)6)22-16-14-18-29-23(22)28-17-12-10-11-13-19-30(7)8/h14,16-18H,10-13,15,19-21H2,1-9H3. The van der Waals surface area contributed by atoms with Crippen molar-refractivity contribution in [1.82, 2.24) is 14.8 Å². The molecule has 0 unspecified atom stereocenters. The van der Waals surface area contributed by atoms with E-state index in [9.17, 15) is 9.59 Å². The number of carbonyl (C=O) groups is 2. The van der Waals surface area contributed by atoms with Crippen molar-refractivity contribution in [1.29, 1.82) is 0 Å². The Labute approximate surface area is 217 Å². The molecule has 0 aliphatic heterocycles. The fourth-order valence-corrected chi connectivity index (χ4v) is 3.21. The molecule has 0 aromatic carbocycles. The Hall–Kier alpha value is -2.68. The lowest BCUT2D eigenvalue weighted by Gasteiger charge is -2.29. The van der Waals surface area contributed by atoms with E-state index in [1.54, 1.807) is 24.2 Å². The minimum atomic E-state index is -0.652. The van der Waals surface area contributed by atoms with Crippen LogP contribution in [0.5, 0.6) is 0 Å². The zero-order chi connectivity index (χ0) is 27.4. The van der Waals surface area contributed by atoms with Gasteiger partial charge in [0.1, 0.15) is 11.2 Å². The molecule has 2 amide bonds. The maximum atomic E-state index is 13.1. The van der Waals surface area contributed by atoms with Crippen LogP contribution in [0.4, 0.5) is 21.1 Å². The topological polar surface area (TPSA) is 87.6 Å². The molecule has 0 aliphatic rings. The van der Waals surface area contributed by atoms with Gasteiger partial charge < -0.3 is 19.3 Å². The van der Waals surface area contributed by atoms with E-state index in [4.69, 9.17) is 9.47 Å². The summed E-state index contributed by atoms with van der Waals surface area (Å²) in [5.74, 6) is 0.470. The molecule has 1 heterocycles. The summed E-state index contributed by atoms with van der Waals surface area (Å²) in [5.41, 5.74) is -0.639. The molecule has 36 heavy (non-hydrogen) atoms. The quantitative estimate of drug-likeness (QED) is 0.259. The van der Waals surface area contributed by atoms with Gasteiger partial charge in [-0.15, -0.1) is 0 Å². The van der Waals surface area contributed by atoms with E-state index in [1.165, 1.54) is 4.90 Å². The molecule has 0 saturated heterocycles. The Morgan fingerprint density at radius 3 is 2.14 bits per heavy atom. The number of nitrogens with zero attached hydrogens (tertiary/aromatic N) is 5. The maximum Gasteiger partial charge on any atom is 0.414 e. The number of hydrogen-bond donors (Lipinski definition) is 0. The smallest absolute Gasteiger partial charge is 0.414 e. The lowest BCUT2D eigenvalue weighted by molar-refractivity contribution is 0.0298. The van der Waals surface area contributed by atoms with Gasteiger partial charge in [-0.05, 0) is 100.0 Å². The fraction of sp³-hybridized carbons (Fsp3) is 0.704. The highest BCUT2D eigenvalue weighted by Gasteiger charge is 2.26. The van der Waals surface area contributed by atoms with Crippen LogP contribution in [-0.4, -0.2) is 85.2 Å². The van der Waals surface area contributed by atoms with Crippen LogP contribution in [0.15, 0.2) is 23.3 Å². The van der Waals surface area contributed by atoms with Gasteiger partial charge in [0.05, 0.1) is 5.69 Å². The van der Waals surface area contributed by atoms with E-state index in [1.807, 2.05) is 53.8 Å². The molecule has 204 valence electrons. The summed E-state index contributed by atoms with van der Waals surface area (Å²) in [6.45, 7) is 12.8. The molecule has 0 aliphatic carbocycles. The zero-order valence-electron chi connectivity index (χ0n) is 23.8. The van der Waals surface area contributed by atoms with Gasteiger partial charge >= 0.3 is 12.2 Å². The van der Waals surface area contributed by atoms with Gasteiger partial charge in [0.2, 0.25) is 0 Å². The van der Waals surface area contributed by atoms with E-state index in [0.29, 0.717) is 31.0 Å². The van der Waals surface area contributed by atoms with E-state index in [-0.39, 0.29) is 0 Å². The van der Waals surface area contributed by atoms with Crippen LogP contribution in [0.25, 0.3) is 0 Å². The molecule has 0 saturated carbocycles. The van der Waals surface area contributed by atoms with Crippen molar-refractivity contribution in [2.45, 2.75) is 84.8 Å². The van der Waals surface area contributed by atoms with Crippen LogP contribution in [0.2, 0.25) is 0 Å². The number of hydrogen-bond acceptors (Lipinski definition) is 7. The van der Waals surface area contributed by atoms with Gasteiger partial charge in [0, 0.05) is 32.5 Å². The van der Waals surface area contributed by atoms with Gasteiger partial charge in [-0.2, -0.15) is 0 Å². The van der Waals surface area contributed by atoms with E-state index >= 15 is 0 Å². The Balaban J connectivity index is 2.91. The van der Waals surface area contributed by atoms with Gasteiger partial charge in [-0.3, -0.25) is 4.90 Å². The molecule has 1 aromatic rings. The lowest BCUT2D eigenvalue weighted by atomic mass is 10.2. The third-order valence-corrected chi connectivity index (χ3v) is 4.90. The highest BCUT2D eigenvalue weighted by molar-refractivity contribution is 5.91. The van der Waals surface area contributed by atoms with Crippen LogP contribution >= 0.6 is 0 Å². The van der Waals surface area contributed by atoms with Crippen molar-refractivity contribution in [2.75, 3.05) is 45.7 Å². The molecule has 0 fully saturated rings. The minimum Gasteiger partial charge on any atom is -0.444 e. The number of rotatable bonds is 12. The summed E-state index contributed by atoms with van der Waals surface area (Å²) in [7, 11) is 5.84. The van der Waals surface area contributed by atoms with Crippen molar-refractivity contribution in [3.8, 4) is 0 Å². The minimum absolute atomic E-state index is 0.334. The molecule has 0 bridgehead atoms. The molecule has 1 aromatic heterocycles. The Morgan fingerprint density at radius 2 is 1.53 bits per heavy atom. The molecular formula is C27H47N5O4. The summed E-state index contributed by atoms with van der Waals surface area (Å²) in [5, 5.41) is 0. The van der Waals surface area contributed by atoms with Gasteiger partial charge in [-0.1, -0.05) is 6.42 Å². The lowest BCUT2D eigenvalue weighted by Crippen LogP contribution is -2.39. The Bertz CT molecular complexity index is 843. The molecule has 0 N–H and O–H groups in total. The number of pyridine rings is 1. The number of aliphatic imine (C=N–C) groups is 1. The predicted octanol–water partition coefficient (Wildman–Crippen LogP) is 5.90. The van der Waals surface area contributed by atoms with Crippen molar-refractivity contribution in [3.05, 3.63) is 18.3 Å². The van der Waals surface area contributed by atoms with E-state index in [0.717, 1.165) is 32.2 Å². The molecular weight excluding hydrogens is 458 g/mol. The highest BCUT2D eigenvalue weighted by atomic mass is 16.6. The summed E-state index contributed by atoms with van der Waals surface area (Å²) in [6.07, 6.45) is 7.36. The first-order chi connectivity index (χ1) is 16.7. The van der Waals surface area contributed by atoms with Gasteiger partial charge in [0.15, 0.2) is 5.82 Å². The Kier molecular flexibility index (Phi) is 12.9. The number of amides is 2. The van der Waals surface area contributed by atoms with Crippen molar-refractivity contribution < 1.29 is 19.1 Å². The first-order valence-corrected chi connectivity index (χ1v) is 12.8. The van der Waals surface area contributed by atoms with Gasteiger partial charge in [0.25, 0.3) is 0 Å². The molecule has 1 rings (SSSR count). The number of unbranched alkanes of at least 4 members (excludes halogenated alkanes) is 3. The van der Waals surface area contributed by atoms with Crippen molar-refractivity contribution >= 4 is 29.9 Å². The van der Waals surface area contributed by atoms with Crippen LogP contribution in [-0.2, 0) is 9.47 Å². The zero-order valence-corrected chi connectivity index (χ0v) is 23.8. The van der Waals surface area contributed by atoms with Crippen molar-refractivity contribution in [2.24, 2.45) is 4.99 Å². The van der Waals surface area contributed by atoms with Gasteiger partial charge in [-0.25, -0.2) is 19.6 Å². The second kappa shape index (κ2) is 14.8. The van der Waals surface area contributed by atoms with Crippen LogP contribution in [0.3, 0.4) is 0 Å².